The summed E-state index contributed by atoms with van der Waals surface area (Å²) in [5.41, 5.74) is 1.65. The highest BCUT2D eigenvalue weighted by Gasteiger charge is 2.09. The molecule has 0 saturated heterocycles. The van der Waals surface area contributed by atoms with Crippen LogP contribution in [0, 0.1) is 5.82 Å². The van der Waals surface area contributed by atoms with Gasteiger partial charge in [0.1, 0.15) is 17.3 Å². The number of benzene rings is 2. The van der Waals surface area contributed by atoms with Crippen LogP contribution in [0.3, 0.4) is 0 Å². The number of halogens is 2. The highest BCUT2D eigenvalue weighted by atomic mass is 35.5. The van der Waals surface area contributed by atoms with Crippen LogP contribution < -0.4 is 14.8 Å². The van der Waals surface area contributed by atoms with Crippen molar-refractivity contribution < 1.29 is 13.9 Å². The van der Waals surface area contributed by atoms with Gasteiger partial charge in [0.25, 0.3) is 0 Å². The Labute approximate surface area is 135 Å². The Hall–Kier alpha value is -1.78. The molecule has 0 bridgehead atoms. The zero-order valence-electron chi connectivity index (χ0n) is 12.7. The van der Waals surface area contributed by atoms with E-state index in [1.165, 1.54) is 6.07 Å². The summed E-state index contributed by atoms with van der Waals surface area (Å²) < 4.78 is 24.1. The smallest absolute Gasteiger partial charge is 0.137 e. The second-order valence-electron chi connectivity index (χ2n) is 4.82. The van der Waals surface area contributed by atoms with Crippen molar-refractivity contribution in [3.8, 4) is 11.5 Å². The van der Waals surface area contributed by atoms with Gasteiger partial charge in [-0.1, -0.05) is 29.8 Å². The van der Waals surface area contributed by atoms with Crippen molar-refractivity contribution in [1.82, 2.24) is 5.32 Å². The van der Waals surface area contributed by atoms with Crippen molar-refractivity contribution >= 4 is 11.6 Å². The van der Waals surface area contributed by atoms with E-state index in [9.17, 15) is 4.39 Å². The lowest BCUT2D eigenvalue weighted by atomic mass is 10.1. The van der Waals surface area contributed by atoms with Crippen LogP contribution in [0.5, 0.6) is 11.5 Å². The predicted molar refractivity (Wildman–Crippen MR) is 86.4 cm³/mol. The summed E-state index contributed by atoms with van der Waals surface area (Å²) >= 11 is 6.08. The van der Waals surface area contributed by atoms with Gasteiger partial charge in [-0.25, -0.2) is 4.39 Å². The molecule has 0 unspecified atom stereocenters. The van der Waals surface area contributed by atoms with Gasteiger partial charge in [-0.05, 0) is 30.7 Å². The van der Waals surface area contributed by atoms with Crippen LogP contribution in [-0.2, 0) is 13.0 Å². The van der Waals surface area contributed by atoms with Crippen molar-refractivity contribution in [2.75, 3.05) is 20.8 Å². The lowest BCUT2D eigenvalue weighted by Gasteiger charge is -2.12. The van der Waals surface area contributed by atoms with Gasteiger partial charge >= 0.3 is 0 Å². The third kappa shape index (κ3) is 4.12. The Morgan fingerprint density at radius 3 is 2.45 bits per heavy atom. The van der Waals surface area contributed by atoms with E-state index in [1.807, 2.05) is 12.1 Å². The first-order chi connectivity index (χ1) is 10.7. The number of nitrogens with one attached hydrogen (secondary N) is 1. The van der Waals surface area contributed by atoms with Gasteiger partial charge < -0.3 is 14.8 Å². The van der Waals surface area contributed by atoms with E-state index in [0.717, 1.165) is 17.7 Å². The maximum atomic E-state index is 13.5. The molecule has 0 radical (unpaired) electrons. The molecule has 3 nitrogen and oxygen atoms in total. The summed E-state index contributed by atoms with van der Waals surface area (Å²) in [5, 5.41) is 3.74. The second-order valence-corrected chi connectivity index (χ2v) is 5.22. The molecular formula is C17H19ClFNO2. The fourth-order valence-electron chi connectivity index (χ4n) is 2.21. The van der Waals surface area contributed by atoms with Crippen molar-refractivity contribution in [3.05, 3.63) is 58.4 Å². The molecule has 118 valence electrons. The summed E-state index contributed by atoms with van der Waals surface area (Å²) in [6.07, 6.45) is 0.727. The lowest BCUT2D eigenvalue weighted by molar-refractivity contribution is 0.398. The molecule has 0 spiro atoms. The third-order valence-corrected chi connectivity index (χ3v) is 3.69. The SMILES string of the molecule is COc1cc(CCNCc2ccccc2F)c(OC)cc1Cl. The van der Waals surface area contributed by atoms with Crippen LogP contribution in [0.1, 0.15) is 11.1 Å². The number of methoxy groups -OCH3 is 2. The molecule has 0 fully saturated rings. The summed E-state index contributed by atoms with van der Waals surface area (Å²) in [7, 11) is 3.18. The van der Waals surface area contributed by atoms with Crippen molar-refractivity contribution in [2.24, 2.45) is 0 Å². The van der Waals surface area contributed by atoms with Crippen LogP contribution in [-0.4, -0.2) is 20.8 Å². The van der Waals surface area contributed by atoms with Crippen LogP contribution in [0.25, 0.3) is 0 Å². The van der Waals surface area contributed by atoms with E-state index in [2.05, 4.69) is 5.32 Å². The van der Waals surface area contributed by atoms with Crippen LogP contribution in [0.2, 0.25) is 5.02 Å². The molecule has 5 heteroatoms. The maximum absolute atomic E-state index is 13.5. The summed E-state index contributed by atoms with van der Waals surface area (Å²) in [6, 6.07) is 10.4. The van der Waals surface area contributed by atoms with Crippen molar-refractivity contribution in [2.45, 2.75) is 13.0 Å². The van der Waals surface area contributed by atoms with Gasteiger partial charge in [0.2, 0.25) is 0 Å². The number of hydrogen-bond donors (Lipinski definition) is 1. The Morgan fingerprint density at radius 1 is 1.05 bits per heavy atom. The average Bonchev–Trinajstić information content (AvgIpc) is 2.53. The minimum Gasteiger partial charge on any atom is -0.496 e. The number of hydrogen-bond acceptors (Lipinski definition) is 3. The predicted octanol–water partition coefficient (Wildman–Crippen LogP) is 3.83. The molecule has 0 atom stereocenters. The molecule has 0 amide bonds. The normalized spacial score (nSPS) is 10.5. The molecule has 0 aliphatic carbocycles. The minimum absolute atomic E-state index is 0.194. The van der Waals surface area contributed by atoms with Crippen molar-refractivity contribution in [1.29, 1.82) is 0 Å². The first kappa shape index (κ1) is 16.6. The van der Waals surface area contributed by atoms with Gasteiger partial charge in [0.15, 0.2) is 0 Å². The Bertz CT molecular complexity index is 634. The van der Waals surface area contributed by atoms with Gasteiger partial charge in [0.05, 0.1) is 19.2 Å². The molecule has 0 aliphatic rings. The molecule has 2 rings (SSSR count). The van der Waals surface area contributed by atoms with Crippen LogP contribution in [0.15, 0.2) is 36.4 Å². The number of ether oxygens (including phenoxy) is 2. The molecule has 0 heterocycles. The third-order valence-electron chi connectivity index (χ3n) is 3.40. The second kappa shape index (κ2) is 8.01. The molecule has 0 saturated carbocycles. The van der Waals surface area contributed by atoms with Gasteiger partial charge in [-0.2, -0.15) is 0 Å². The van der Waals surface area contributed by atoms with Gasteiger partial charge in [-0.3, -0.25) is 0 Å². The summed E-state index contributed by atoms with van der Waals surface area (Å²) in [6.45, 7) is 1.18. The maximum Gasteiger partial charge on any atom is 0.137 e. The van der Waals surface area contributed by atoms with E-state index in [-0.39, 0.29) is 5.82 Å². The van der Waals surface area contributed by atoms with Crippen molar-refractivity contribution in [3.63, 3.8) is 0 Å². The van der Waals surface area contributed by atoms with E-state index in [1.54, 1.807) is 32.4 Å². The molecular weight excluding hydrogens is 305 g/mol. The summed E-state index contributed by atoms with van der Waals surface area (Å²) in [4.78, 5) is 0. The van der Waals surface area contributed by atoms with Gasteiger partial charge in [0, 0.05) is 18.2 Å². The topological polar surface area (TPSA) is 30.5 Å². The average molecular weight is 324 g/mol. The molecule has 22 heavy (non-hydrogen) atoms. The molecule has 2 aromatic rings. The highest BCUT2D eigenvalue weighted by Crippen LogP contribution is 2.32. The Kier molecular flexibility index (Phi) is 6.04. The van der Waals surface area contributed by atoms with Crippen LogP contribution in [0.4, 0.5) is 4.39 Å². The molecule has 2 aromatic carbocycles. The monoisotopic (exact) mass is 323 g/mol. The lowest BCUT2D eigenvalue weighted by Crippen LogP contribution is -2.17. The number of rotatable bonds is 7. The fraction of sp³-hybridized carbons (Fsp3) is 0.294. The zero-order chi connectivity index (χ0) is 15.9. The highest BCUT2D eigenvalue weighted by molar-refractivity contribution is 6.32. The first-order valence-corrected chi connectivity index (χ1v) is 7.38. The van der Waals surface area contributed by atoms with Crippen LogP contribution >= 0.6 is 11.6 Å². The van der Waals surface area contributed by atoms with E-state index in [4.69, 9.17) is 21.1 Å². The molecule has 1 N–H and O–H groups in total. The summed E-state index contributed by atoms with van der Waals surface area (Å²) in [5.74, 6) is 1.14. The minimum atomic E-state index is -0.194. The Balaban J connectivity index is 1.95. The standard InChI is InChI=1S/C17H19ClFNO2/c1-21-16-10-14(18)17(22-2)9-12(16)7-8-20-11-13-5-3-4-6-15(13)19/h3-6,9-10,20H,7-8,11H2,1-2H3. The zero-order valence-corrected chi connectivity index (χ0v) is 13.4. The largest absolute Gasteiger partial charge is 0.496 e. The van der Waals surface area contributed by atoms with Gasteiger partial charge in [-0.15, -0.1) is 0 Å². The van der Waals surface area contributed by atoms with E-state index < -0.39 is 0 Å². The first-order valence-electron chi connectivity index (χ1n) is 7.00. The fourth-order valence-corrected chi connectivity index (χ4v) is 2.44. The molecule has 0 aromatic heterocycles. The van der Waals surface area contributed by atoms with E-state index in [0.29, 0.717) is 29.4 Å². The Morgan fingerprint density at radius 2 is 1.77 bits per heavy atom. The molecule has 0 aliphatic heterocycles. The quantitative estimate of drug-likeness (QED) is 0.786. The van der Waals surface area contributed by atoms with E-state index >= 15 is 0 Å².